The van der Waals surface area contributed by atoms with Gasteiger partial charge in [0, 0.05) is 24.7 Å². The molecule has 2 heterocycles. The summed E-state index contributed by atoms with van der Waals surface area (Å²) in [5.41, 5.74) is 6.55. The maximum atomic E-state index is 6.44. The predicted octanol–water partition coefficient (Wildman–Crippen LogP) is 1.76. The van der Waals surface area contributed by atoms with Gasteiger partial charge in [0.25, 0.3) is 0 Å². The zero-order valence-corrected chi connectivity index (χ0v) is 11.6. The molecule has 3 heteroatoms. The molecule has 0 bridgehead atoms. The van der Waals surface area contributed by atoms with Gasteiger partial charge >= 0.3 is 0 Å². The smallest absolute Gasteiger partial charge is 0.0789 e. The summed E-state index contributed by atoms with van der Waals surface area (Å²) in [6.45, 7) is 11.0. The molecule has 3 fully saturated rings. The largest absolute Gasteiger partial charge is 0.368 e. The molecular weight excluding hydrogens is 212 g/mol. The summed E-state index contributed by atoms with van der Waals surface area (Å²) in [4.78, 5) is 2.55. The summed E-state index contributed by atoms with van der Waals surface area (Å²) in [6.07, 6.45) is 3.82. The van der Waals surface area contributed by atoms with Crippen molar-refractivity contribution in [1.29, 1.82) is 0 Å². The van der Waals surface area contributed by atoms with Crippen molar-refractivity contribution in [1.82, 2.24) is 4.90 Å². The van der Waals surface area contributed by atoms with Crippen molar-refractivity contribution in [2.24, 2.45) is 11.7 Å². The van der Waals surface area contributed by atoms with E-state index in [4.69, 9.17) is 10.5 Å². The Morgan fingerprint density at radius 3 is 2.12 bits per heavy atom. The highest BCUT2D eigenvalue weighted by Gasteiger charge is 2.57. The quantitative estimate of drug-likeness (QED) is 0.796. The highest BCUT2D eigenvalue weighted by atomic mass is 16.5. The highest BCUT2D eigenvalue weighted by Crippen LogP contribution is 2.47. The van der Waals surface area contributed by atoms with E-state index in [1.54, 1.807) is 0 Å². The van der Waals surface area contributed by atoms with Crippen LogP contribution in [0.1, 0.15) is 47.0 Å². The van der Waals surface area contributed by atoms with Gasteiger partial charge in [-0.15, -0.1) is 0 Å². The molecule has 1 aliphatic carbocycles. The lowest BCUT2D eigenvalue weighted by molar-refractivity contribution is -0.0960. The molecule has 0 aromatic carbocycles. The molecule has 3 rings (SSSR count). The minimum atomic E-state index is -0.0334. The number of ether oxygens (including phenoxy) is 1. The summed E-state index contributed by atoms with van der Waals surface area (Å²) in [5.74, 6) is 0.803. The molecular formula is C14H26N2O. The van der Waals surface area contributed by atoms with Gasteiger partial charge in [0.1, 0.15) is 0 Å². The number of likely N-dealkylation sites (tertiary alicyclic amines) is 1. The van der Waals surface area contributed by atoms with Gasteiger partial charge in [0.05, 0.1) is 11.2 Å². The van der Waals surface area contributed by atoms with E-state index in [0.29, 0.717) is 6.04 Å². The Balaban J connectivity index is 1.66. The zero-order valence-electron chi connectivity index (χ0n) is 11.6. The molecule has 1 saturated carbocycles. The molecule has 1 atom stereocenters. The van der Waals surface area contributed by atoms with E-state index >= 15 is 0 Å². The lowest BCUT2D eigenvalue weighted by Gasteiger charge is -2.53. The number of nitrogens with zero attached hydrogens (tertiary/aromatic N) is 1. The Morgan fingerprint density at radius 1 is 1.12 bits per heavy atom. The van der Waals surface area contributed by atoms with Crippen LogP contribution in [0.2, 0.25) is 0 Å². The molecule has 17 heavy (non-hydrogen) atoms. The van der Waals surface area contributed by atoms with Crippen LogP contribution in [0, 0.1) is 5.92 Å². The standard InChI is InChI=1S/C14H26N2O/c1-12(2)7-11(13(3,4)17-12)16-8-14(15,9-16)10-5-6-10/h10-11H,5-9,15H2,1-4H3. The van der Waals surface area contributed by atoms with E-state index in [1.165, 1.54) is 12.8 Å². The SMILES string of the molecule is CC1(C)CC(N2CC(N)(C3CC3)C2)C(C)(C)O1. The van der Waals surface area contributed by atoms with Crippen LogP contribution in [0.25, 0.3) is 0 Å². The van der Waals surface area contributed by atoms with Crippen molar-refractivity contribution < 1.29 is 4.74 Å². The van der Waals surface area contributed by atoms with Crippen LogP contribution in [-0.2, 0) is 4.74 Å². The molecule has 2 saturated heterocycles. The molecule has 2 N–H and O–H groups in total. The van der Waals surface area contributed by atoms with Gasteiger partial charge in [-0.1, -0.05) is 0 Å². The Kier molecular flexibility index (Phi) is 2.28. The van der Waals surface area contributed by atoms with E-state index in [-0.39, 0.29) is 16.7 Å². The third kappa shape index (κ3) is 1.92. The Morgan fingerprint density at radius 2 is 1.71 bits per heavy atom. The average molecular weight is 238 g/mol. The molecule has 3 aliphatic rings. The monoisotopic (exact) mass is 238 g/mol. The van der Waals surface area contributed by atoms with Crippen LogP contribution in [0.4, 0.5) is 0 Å². The molecule has 2 aliphatic heterocycles. The van der Waals surface area contributed by atoms with Crippen LogP contribution in [-0.4, -0.2) is 40.8 Å². The van der Waals surface area contributed by atoms with Gasteiger partial charge in [-0.25, -0.2) is 0 Å². The second kappa shape index (κ2) is 3.25. The highest BCUT2D eigenvalue weighted by molar-refractivity contribution is 5.13. The van der Waals surface area contributed by atoms with Crippen LogP contribution in [0.15, 0.2) is 0 Å². The molecule has 0 amide bonds. The maximum Gasteiger partial charge on any atom is 0.0789 e. The molecule has 0 aromatic rings. The third-order valence-electron chi connectivity index (χ3n) is 4.85. The lowest BCUT2D eigenvalue weighted by atomic mass is 9.81. The van der Waals surface area contributed by atoms with E-state index in [9.17, 15) is 0 Å². The van der Waals surface area contributed by atoms with Crippen LogP contribution in [0.3, 0.4) is 0 Å². The fraction of sp³-hybridized carbons (Fsp3) is 1.00. The predicted molar refractivity (Wildman–Crippen MR) is 68.9 cm³/mol. The summed E-state index contributed by atoms with van der Waals surface area (Å²) in [6, 6.07) is 0.535. The molecule has 0 aromatic heterocycles. The van der Waals surface area contributed by atoms with Crippen molar-refractivity contribution >= 4 is 0 Å². The first-order chi connectivity index (χ1) is 7.72. The van der Waals surface area contributed by atoms with E-state index in [1.807, 2.05) is 0 Å². The van der Waals surface area contributed by atoms with E-state index < -0.39 is 0 Å². The molecule has 1 unspecified atom stereocenters. The lowest BCUT2D eigenvalue weighted by Crippen LogP contribution is -2.72. The zero-order chi connectivity index (χ0) is 12.5. The number of hydrogen-bond donors (Lipinski definition) is 1. The van der Waals surface area contributed by atoms with Crippen LogP contribution >= 0.6 is 0 Å². The van der Waals surface area contributed by atoms with Gasteiger partial charge in [-0.05, 0) is 52.9 Å². The molecule has 0 spiro atoms. The average Bonchev–Trinajstić information content (AvgIpc) is 2.87. The summed E-state index contributed by atoms with van der Waals surface area (Å²) in [7, 11) is 0. The minimum Gasteiger partial charge on any atom is -0.368 e. The van der Waals surface area contributed by atoms with Crippen LogP contribution < -0.4 is 5.73 Å². The van der Waals surface area contributed by atoms with Gasteiger partial charge < -0.3 is 10.5 Å². The Hall–Kier alpha value is -0.120. The van der Waals surface area contributed by atoms with Crippen molar-refractivity contribution in [3.8, 4) is 0 Å². The summed E-state index contributed by atoms with van der Waals surface area (Å²) in [5, 5.41) is 0. The summed E-state index contributed by atoms with van der Waals surface area (Å²) >= 11 is 0. The molecule has 0 radical (unpaired) electrons. The van der Waals surface area contributed by atoms with Gasteiger partial charge in [0.2, 0.25) is 0 Å². The normalized spacial score (nSPS) is 39.0. The first-order valence-electron chi connectivity index (χ1n) is 6.95. The van der Waals surface area contributed by atoms with Crippen molar-refractivity contribution in [3.63, 3.8) is 0 Å². The molecule has 98 valence electrons. The van der Waals surface area contributed by atoms with E-state index in [0.717, 1.165) is 25.4 Å². The fourth-order valence-electron chi connectivity index (χ4n) is 3.95. The Labute approximate surface area is 105 Å². The first-order valence-corrected chi connectivity index (χ1v) is 6.95. The summed E-state index contributed by atoms with van der Waals surface area (Å²) < 4.78 is 6.17. The van der Waals surface area contributed by atoms with Crippen molar-refractivity contribution in [2.45, 2.75) is 69.7 Å². The fourth-order valence-corrected chi connectivity index (χ4v) is 3.95. The molecule has 3 nitrogen and oxygen atoms in total. The van der Waals surface area contributed by atoms with Gasteiger partial charge in [-0.2, -0.15) is 0 Å². The van der Waals surface area contributed by atoms with Crippen molar-refractivity contribution in [2.75, 3.05) is 13.1 Å². The van der Waals surface area contributed by atoms with Gasteiger partial charge in [0.15, 0.2) is 0 Å². The van der Waals surface area contributed by atoms with E-state index in [2.05, 4.69) is 32.6 Å². The second-order valence-electron chi connectivity index (χ2n) is 7.60. The van der Waals surface area contributed by atoms with Crippen LogP contribution in [0.5, 0.6) is 0 Å². The first kappa shape index (κ1) is 11.9. The van der Waals surface area contributed by atoms with Gasteiger partial charge in [-0.3, -0.25) is 4.90 Å². The van der Waals surface area contributed by atoms with Crippen molar-refractivity contribution in [3.05, 3.63) is 0 Å². The Bertz CT molecular complexity index is 327. The number of rotatable bonds is 2. The third-order valence-corrected chi connectivity index (χ3v) is 4.85. The minimum absolute atomic E-state index is 0.0145. The topological polar surface area (TPSA) is 38.5 Å². The number of hydrogen-bond acceptors (Lipinski definition) is 3. The number of nitrogens with two attached hydrogens (primary N) is 1. The maximum absolute atomic E-state index is 6.44. The second-order valence-corrected chi connectivity index (χ2v) is 7.60.